The first-order valence-corrected chi connectivity index (χ1v) is 4.63. The van der Waals surface area contributed by atoms with Crippen LogP contribution in [-0.4, -0.2) is 10.2 Å². The Kier molecular flexibility index (Phi) is 3.20. The lowest BCUT2D eigenvalue weighted by Gasteiger charge is -2.03. The van der Waals surface area contributed by atoms with E-state index in [0.29, 0.717) is 5.56 Å². The van der Waals surface area contributed by atoms with E-state index < -0.39 is 6.29 Å². The molecule has 0 aliphatic carbocycles. The number of hydrogen-bond donors (Lipinski definition) is 2. The summed E-state index contributed by atoms with van der Waals surface area (Å²) in [5.41, 5.74) is 0.454. The monoisotopic (exact) mass is 190 g/mol. The SMILES string of the molecule is OC(O)c1cccc(SCl)c1. The minimum Gasteiger partial charge on any atom is -0.364 e. The first-order chi connectivity index (χ1) is 5.24. The van der Waals surface area contributed by atoms with Gasteiger partial charge in [-0.3, -0.25) is 0 Å². The number of aliphatic hydroxyl groups is 2. The molecule has 0 unspecified atom stereocenters. The lowest BCUT2D eigenvalue weighted by Crippen LogP contribution is -1.93. The number of aliphatic hydroxyl groups excluding tert-OH is 1. The fraction of sp³-hybridized carbons (Fsp3) is 0.143. The van der Waals surface area contributed by atoms with Crippen molar-refractivity contribution in [3.8, 4) is 0 Å². The molecule has 2 N–H and O–H groups in total. The van der Waals surface area contributed by atoms with Gasteiger partial charge in [-0.1, -0.05) is 12.1 Å². The van der Waals surface area contributed by atoms with Gasteiger partial charge in [-0.25, -0.2) is 0 Å². The molecular weight excluding hydrogens is 184 g/mol. The summed E-state index contributed by atoms with van der Waals surface area (Å²) < 4.78 is 0. The summed E-state index contributed by atoms with van der Waals surface area (Å²) in [7, 11) is 6.51. The molecule has 2 nitrogen and oxygen atoms in total. The Bertz CT molecular complexity index is 240. The van der Waals surface area contributed by atoms with Crippen molar-refractivity contribution in [2.75, 3.05) is 0 Å². The highest BCUT2D eigenvalue weighted by atomic mass is 35.7. The summed E-state index contributed by atoms with van der Waals surface area (Å²) in [5.74, 6) is 0. The molecule has 0 aromatic heterocycles. The van der Waals surface area contributed by atoms with Crippen molar-refractivity contribution in [3.05, 3.63) is 29.8 Å². The van der Waals surface area contributed by atoms with Crippen LogP contribution in [0.15, 0.2) is 29.2 Å². The van der Waals surface area contributed by atoms with Crippen LogP contribution in [0.2, 0.25) is 0 Å². The normalized spacial score (nSPS) is 10.5. The predicted octanol–water partition coefficient (Wildman–Crippen LogP) is 1.92. The van der Waals surface area contributed by atoms with Crippen LogP contribution in [0, 0.1) is 0 Å². The first kappa shape index (κ1) is 8.87. The smallest absolute Gasteiger partial charge is 0.178 e. The maximum Gasteiger partial charge on any atom is 0.178 e. The molecule has 0 amide bonds. The van der Waals surface area contributed by atoms with Gasteiger partial charge in [-0.05, 0) is 33.8 Å². The van der Waals surface area contributed by atoms with E-state index >= 15 is 0 Å². The second kappa shape index (κ2) is 3.97. The van der Waals surface area contributed by atoms with Crippen molar-refractivity contribution >= 4 is 21.7 Å². The molecule has 11 heavy (non-hydrogen) atoms. The van der Waals surface area contributed by atoms with Crippen LogP contribution in [0.4, 0.5) is 0 Å². The quantitative estimate of drug-likeness (QED) is 0.700. The van der Waals surface area contributed by atoms with Gasteiger partial charge in [0.1, 0.15) is 0 Å². The lowest BCUT2D eigenvalue weighted by molar-refractivity contribution is -0.0426. The van der Waals surface area contributed by atoms with Gasteiger partial charge in [0.05, 0.1) is 0 Å². The Morgan fingerprint density at radius 1 is 1.36 bits per heavy atom. The minimum atomic E-state index is -1.42. The van der Waals surface area contributed by atoms with Crippen LogP contribution in [-0.2, 0) is 0 Å². The van der Waals surface area contributed by atoms with Gasteiger partial charge in [0.2, 0.25) is 0 Å². The molecule has 0 spiro atoms. The van der Waals surface area contributed by atoms with Crippen molar-refractivity contribution in [3.63, 3.8) is 0 Å². The second-order valence-corrected chi connectivity index (χ2v) is 3.11. The molecule has 0 saturated carbocycles. The highest BCUT2D eigenvalue weighted by Crippen LogP contribution is 2.24. The maximum absolute atomic E-state index is 8.75. The van der Waals surface area contributed by atoms with Crippen LogP contribution in [0.5, 0.6) is 0 Å². The highest BCUT2D eigenvalue weighted by molar-refractivity contribution is 8.21. The summed E-state index contributed by atoms with van der Waals surface area (Å²) in [6.45, 7) is 0. The predicted molar refractivity (Wildman–Crippen MR) is 45.3 cm³/mol. The van der Waals surface area contributed by atoms with Crippen LogP contribution < -0.4 is 0 Å². The number of rotatable bonds is 2. The fourth-order valence-electron chi connectivity index (χ4n) is 0.723. The van der Waals surface area contributed by atoms with Crippen molar-refractivity contribution in [1.82, 2.24) is 0 Å². The second-order valence-electron chi connectivity index (χ2n) is 2.02. The molecule has 0 fully saturated rings. The molecule has 0 heterocycles. The van der Waals surface area contributed by atoms with Crippen molar-refractivity contribution in [1.29, 1.82) is 0 Å². The molecule has 0 aliphatic rings. The van der Waals surface area contributed by atoms with E-state index in [4.69, 9.17) is 20.9 Å². The third kappa shape index (κ3) is 2.38. The highest BCUT2D eigenvalue weighted by Gasteiger charge is 2.01. The van der Waals surface area contributed by atoms with E-state index in [1.807, 2.05) is 0 Å². The number of hydrogen-bond acceptors (Lipinski definition) is 3. The summed E-state index contributed by atoms with van der Waals surface area (Å²) >= 11 is 0. The summed E-state index contributed by atoms with van der Waals surface area (Å²) in [6, 6.07) is 6.77. The van der Waals surface area contributed by atoms with Crippen molar-refractivity contribution in [2.45, 2.75) is 11.2 Å². The van der Waals surface area contributed by atoms with Crippen molar-refractivity contribution < 1.29 is 10.2 Å². The number of benzene rings is 1. The Morgan fingerprint density at radius 3 is 2.64 bits per heavy atom. The third-order valence-electron chi connectivity index (χ3n) is 1.25. The number of halogens is 1. The molecular formula is C7H7ClO2S. The molecule has 1 rings (SSSR count). The van der Waals surface area contributed by atoms with Crippen molar-refractivity contribution in [2.24, 2.45) is 0 Å². The van der Waals surface area contributed by atoms with Crippen LogP contribution >= 0.6 is 21.7 Å². The molecule has 0 atom stereocenters. The Balaban J connectivity index is 2.91. The van der Waals surface area contributed by atoms with Gasteiger partial charge in [0.25, 0.3) is 0 Å². The molecule has 0 bridgehead atoms. The largest absolute Gasteiger partial charge is 0.364 e. The summed E-state index contributed by atoms with van der Waals surface area (Å²) in [5, 5.41) is 17.5. The van der Waals surface area contributed by atoms with Gasteiger partial charge < -0.3 is 10.2 Å². The van der Waals surface area contributed by atoms with Crippen LogP contribution in [0.1, 0.15) is 11.9 Å². The van der Waals surface area contributed by atoms with E-state index in [2.05, 4.69) is 0 Å². The Hall–Kier alpha value is -0.220. The zero-order chi connectivity index (χ0) is 8.27. The maximum atomic E-state index is 8.75. The van der Waals surface area contributed by atoms with Gasteiger partial charge in [0.15, 0.2) is 6.29 Å². The van der Waals surface area contributed by atoms with Gasteiger partial charge >= 0.3 is 0 Å². The molecule has 0 saturated heterocycles. The van der Waals surface area contributed by atoms with E-state index in [0.717, 1.165) is 15.9 Å². The van der Waals surface area contributed by atoms with Crippen LogP contribution in [0.25, 0.3) is 0 Å². The van der Waals surface area contributed by atoms with Crippen LogP contribution in [0.3, 0.4) is 0 Å². The average Bonchev–Trinajstić information content (AvgIpc) is 2.05. The zero-order valence-corrected chi connectivity index (χ0v) is 7.14. The Labute approximate surface area is 73.3 Å². The molecule has 1 aromatic rings. The van der Waals surface area contributed by atoms with Gasteiger partial charge in [-0.15, -0.1) is 0 Å². The third-order valence-corrected chi connectivity index (χ3v) is 2.21. The molecule has 60 valence electrons. The van der Waals surface area contributed by atoms with Gasteiger partial charge in [0, 0.05) is 10.5 Å². The van der Waals surface area contributed by atoms with Gasteiger partial charge in [-0.2, -0.15) is 0 Å². The summed E-state index contributed by atoms with van der Waals surface area (Å²) in [4.78, 5) is 0.803. The molecule has 1 aromatic carbocycles. The van der Waals surface area contributed by atoms with E-state index in [9.17, 15) is 0 Å². The van der Waals surface area contributed by atoms with E-state index in [1.54, 1.807) is 24.3 Å². The average molecular weight is 191 g/mol. The summed E-state index contributed by atoms with van der Waals surface area (Å²) in [6.07, 6.45) is -1.42. The molecule has 0 aliphatic heterocycles. The zero-order valence-electron chi connectivity index (χ0n) is 5.57. The van der Waals surface area contributed by atoms with E-state index in [-0.39, 0.29) is 0 Å². The topological polar surface area (TPSA) is 40.5 Å². The standard InChI is InChI=1S/C7H7ClO2S/c8-11-6-3-1-2-5(4-6)7(9)10/h1-4,7,9-10H. The Morgan fingerprint density at radius 2 is 2.09 bits per heavy atom. The molecule has 4 heteroatoms. The fourth-order valence-corrected chi connectivity index (χ4v) is 1.32. The van der Waals surface area contributed by atoms with E-state index in [1.165, 1.54) is 0 Å². The molecule has 0 radical (unpaired) electrons. The minimum absolute atomic E-state index is 0.454. The lowest BCUT2D eigenvalue weighted by atomic mass is 10.2. The first-order valence-electron chi connectivity index (χ1n) is 2.98.